The van der Waals surface area contributed by atoms with Gasteiger partial charge in [0.2, 0.25) is 0 Å². The zero-order valence-electron chi connectivity index (χ0n) is 41.9. The summed E-state index contributed by atoms with van der Waals surface area (Å²) in [7, 11) is 3.60. The summed E-state index contributed by atoms with van der Waals surface area (Å²) in [6.45, 7) is 24.3. The molecule has 0 radical (unpaired) electrons. The van der Waals surface area contributed by atoms with E-state index in [9.17, 15) is 24.3 Å². The maximum atomic E-state index is 14.0. The summed E-state index contributed by atoms with van der Waals surface area (Å²) < 4.78 is 43.4. The number of carbonyl (C=O) groups excluding carboxylic acids is 4. The third kappa shape index (κ3) is 18.8. The van der Waals surface area contributed by atoms with Gasteiger partial charge in [0, 0.05) is 13.8 Å². The fraction of sp³-hybridized carbons (Fsp3) is 0.840. The molecule has 13 heteroatoms. The number of ketones is 1. The average molecular weight is 999 g/mol. The number of esters is 3. The molecule has 0 saturated carbocycles. The Morgan fingerprint density at radius 1 is 0.889 bits per heavy atom. The maximum absolute atomic E-state index is 14.0. The second kappa shape index (κ2) is 29.0. The van der Waals surface area contributed by atoms with E-state index in [0.29, 0.717) is 31.8 Å². The molecule has 0 aromatic carbocycles. The number of hydrogen-bond donors (Lipinski definition) is 1. The number of hydrogen-bond acceptors (Lipinski definition) is 12. The second-order valence-corrected chi connectivity index (χ2v) is 32.2. The van der Waals surface area contributed by atoms with Crippen LogP contribution in [0.1, 0.15) is 154 Å². The Morgan fingerprint density at radius 3 is 1.98 bits per heavy atom. The van der Waals surface area contributed by atoms with E-state index in [1.807, 2.05) is 39.5 Å². The van der Waals surface area contributed by atoms with Crippen LogP contribution in [0.3, 0.4) is 0 Å². The van der Waals surface area contributed by atoms with Gasteiger partial charge in [-0.05, 0) is 34.4 Å². The molecule has 1 N–H and O–H groups in total. The number of rotatable bonds is 28. The predicted molar refractivity (Wildman–Crippen MR) is 252 cm³/mol. The normalized spacial score (nSPS) is 25.8. The van der Waals surface area contributed by atoms with E-state index < -0.39 is 85.1 Å². The Bertz CT molecular complexity index is 1450. The molecule has 0 aliphatic carbocycles. The van der Waals surface area contributed by atoms with Crippen molar-refractivity contribution >= 4 is 42.1 Å². The van der Waals surface area contributed by atoms with Crippen LogP contribution in [0.25, 0.3) is 0 Å². The first kappa shape index (κ1) is 57.3. The molecular formula is C50H89NO11Sn. The van der Waals surface area contributed by atoms with Crippen LogP contribution in [-0.4, -0.2) is 128 Å². The third-order valence-corrected chi connectivity index (χ3v) is 27.9. The number of Topliss-reactive ketones (excluding diaryl/α,β-unsaturated/α-hetero) is 1. The quantitative estimate of drug-likeness (QED) is 0.0345. The first-order chi connectivity index (χ1) is 29.7. The topological polar surface area (TPSA) is 147 Å². The van der Waals surface area contributed by atoms with Gasteiger partial charge in [0.15, 0.2) is 12.4 Å². The van der Waals surface area contributed by atoms with Crippen LogP contribution in [0.5, 0.6) is 0 Å². The molecule has 0 aromatic heterocycles. The van der Waals surface area contributed by atoms with Gasteiger partial charge < -0.3 is 24.1 Å². The Morgan fingerprint density at radius 2 is 1.46 bits per heavy atom. The number of aliphatic hydroxyl groups is 1. The van der Waals surface area contributed by atoms with E-state index in [1.165, 1.54) is 76.8 Å². The van der Waals surface area contributed by atoms with Crippen molar-refractivity contribution in [2.75, 3.05) is 27.3 Å². The third-order valence-electron chi connectivity index (χ3n) is 13.5. The standard InChI is InChI=1S/C38H62NO11.3C4H9.Sn/c1-13-25(6)46-33(44)19-32(43)26(7)35(23(4)18-22(3)31(42)15-14-21(2)30-16-17-45-20-24(30)5)50-38-37(49-29(10)41)34(39(11)12)36(27(8)47-38)48-28(9)40;3*1-3-4-2;/h5,14,22-23,25-27,30,32,34-38,43H,13,15-20H2,1-4,6-12H3;3*1,3-4H2,2H3;/b21-14+,24-5?;;;;/t22-,23+,25+,26+,27?,30-,32-,34?,35+,36?,37?,38?;;;;/m1..../s1. The van der Waals surface area contributed by atoms with Crippen molar-refractivity contribution in [2.24, 2.45) is 23.7 Å². The summed E-state index contributed by atoms with van der Waals surface area (Å²) in [5, 5.41) is 11.5. The number of allylic oxidation sites excluding steroid dienone is 2. The molecule has 2 rings (SSSR count). The molecule has 0 aromatic rings. The summed E-state index contributed by atoms with van der Waals surface area (Å²) in [5.74, 6) is -2.46. The van der Waals surface area contributed by atoms with Gasteiger partial charge in [-0.2, -0.15) is 0 Å². The summed E-state index contributed by atoms with van der Waals surface area (Å²) in [6, 6.07) is -0.626. The molecule has 12 atom stereocenters. The number of nitrogens with zero attached hydrogens (tertiary/aromatic N) is 1. The summed E-state index contributed by atoms with van der Waals surface area (Å²) in [4.78, 5) is 53.5. The molecule has 2 aliphatic heterocycles. The predicted octanol–water partition coefficient (Wildman–Crippen LogP) is 9.56. The molecule has 5 unspecified atom stereocenters. The van der Waals surface area contributed by atoms with Gasteiger partial charge in [-0.15, -0.1) is 0 Å². The van der Waals surface area contributed by atoms with Crippen molar-refractivity contribution in [3.63, 3.8) is 0 Å². The van der Waals surface area contributed by atoms with Crippen LogP contribution in [0.4, 0.5) is 0 Å². The Balaban J connectivity index is 2.44. The number of unbranched alkanes of at least 4 members (excludes halogenated alkanes) is 3. The van der Waals surface area contributed by atoms with Gasteiger partial charge in [0.05, 0.1) is 30.8 Å². The molecule has 2 heterocycles. The minimum absolute atomic E-state index is 0.113. The number of likely N-dealkylation sites (N-methyl/N-ethyl adjacent to an activating group) is 1. The zero-order valence-corrected chi connectivity index (χ0v) is 44.7. The van der Waals surface area contributed by atoms with E-state index in [2.05, 4.69) is 37.9 Å². The van der Waals surface area contributed by atoms with Crippen LogP contribution in [0.2, 0.25) is 13.3 Å². The van der Waals surface area contributed by atoms with Crippen LogP contribution in [0, 0.1) is 23.7 Å². The van der Waals surface area contributed by atoms with E-state index in [0.717, 1.165) is 13.0 Å². The van der Waals surface area contributed by atoms with E-state index in [4.69, 9.17) is 28.4 Å². The van der Waals surface area contributed by atoms with E-state index in [1.54, 1.807) is 21.0 Å². The van der Waals surface area contributed by atoms with Crippen LogP contribution >= 0.6 is 0 Å². The molecule has 12 nitrogen and oxygen atoms in total. The van der Waals surface area contributed by atoms with Crippen molar-refractivity contribution in [3.8, 4) is 0 Å². The van der Waals surface area contributed by atoms with Gasteiger partial charge in [-0.1, -0.05) is 13.8 Å². The van der Waals surface area contributed by atoms with Gasteiger partial charge in [0.1, 0.15) is 6.10 Å². The van der Waals surface area contributed by atoms with Gasteiger partial charge in [-0.25, -0.2) is 0 Å². The van der Waals surface area contributed by atoms with Crippen molar-refractivity contribution in [1.29, 1.82) is 0 Å². The van der Waals surface area contributed by atoms with Crippen molar-refractivity contribution in [1.82, 2.24) is 4.90 Å². The number of aliphatic hydroxyl groups excluding tert-OH is 1. The van der Waals surface area contributed by atoms with Crippen molar-refractivity contribution in [2.45, 2.75) is 216 Å². The second-order valence-electron chi connectivity index (χ2n) is 19.3. The van der Waals surface area contributed by atoms with E-state index >= 15 is 0 Å². The van der Waals surface area contributed by atoms with Crippen LogP contribution in [0.15, 0.2) is 21.3 Å². The SMILES string of the molecule is CCC[CH2][Sn](/[CH]=C1\COCC[C@@H]1/C(C)=C/CC(=O)[C@H](C)C[C@H](C)[C@H](OC1OC(C)C(OC(C)=O)C(N(C)C)C1OC(C)=O)[C@@H](C)[C@H](O)CC(=O)O[C@@H](C)CC)([CH2]CCC)[CH2]CCC. The van der Waals surface area contributed by atoms with E-state index in [-0.39, 0.29) is 30.1 Å². The molecule has 0 bridgehead atoms. The fourth-order valence-corrected chi connectivity index (χ4v) is 25.1. The van der Waals surface area contributed by atoms with Crippen LogP contribution in [-0.2, 0) is 47.6 Å². The molecule has 2 aliphatic rings. The summed E-state index contributed by atoms with van der Waals surface area (Å²) in [5.41, 5.74) is 2.69. The minimum atomic E-state index is -2.60. The monoisotopic (exact) mass is 1000 g/mol. The fourth-order valence-electron chi connectivity index (χ4n) is 9.57. The molecule has 2 fully saturated rings. The first-order valence-electron chi connectivity index (χ1n) is 24.4. The molecule has 0 spiro atoms. The van der Waals surface area contributed by atoms with Gasteiger partial charge >= 0.3 is 233 Å². The molecule has 364 valence electrons. The van der Waals surface area contributed by atoms with Crippen molar-refractivity contribution < 1.29 is 52.7 Å². The molecule has 0 amide bonds. The molecule has 2 saturated heterocycles. The Labute approximate surface area is 386 Å². The zero-order chi connectivity index (χ0) is 47.4. The summed E-state index contributed by atoms with van der Waals surface area (Å²) >= 11 is -2.60. The molecular weight excluding hydrogens is 909 g/mol. The van der Waals surface area contributed by atoms with Crippen molar-refractivity contribution in [3.05, 3.63) is 21.3 Å². The number of carbonyl (C=O) groups is 4. The van der Waals surface area contributed by atoms with Gasteiger partial charge in [0.25, 0.3) is 0 Å². The average Bonchev–Trinajstić information content (AvgIpc) is 3.22. The van der Waals surface area contributed by atoms with Gasteiger partial charge in [-0.3, -0.25) is 19.3 Å². The Kier molecular flexibility index (Phi) is 26.4. The van der Waals surface area contributed by atoms with Crippen LogP contribution < -0.4 is 0 Å². The first-order valence-corrected chi connectivity index (χ1v) is 32.1. The summed E-state index contributed by atoms with van der Waals surface area (Å²) in [6.07, 6.45) is 6.08. The molecule has 63 heavy (non-hydrogen) atoms. The number of ether oxygens (including phenoxy) is 6. The Hall–Kier alpha value is -1.84.